The zero-order chi connectivity index (χ0) is 15.1. The molecule has 3 aromatic rings. The first-order valence-corrected chi connectivity index (χ1v) is 7.30. The number of aryl methyl sites for hydroxylation is 2. The van der Waals surface area contributed by atoms with E-state index in [9.17, 15) is 4.39 Å². The molecule has 0 N–H and O–H groups in total. The summed E-state index contributed by atoms with van der Waals surface area (Å²) in [6, 6.07) is 10.9. The van der Waals surface area contributed by atoms with Crippen LogP contribution in [0.2, 0.25) is 0 Å². The molecule has 0 fully saturated rings. The highest BCUT2D eigenvalue weighted by atomic mass is 35.5. The number of hydrogen-bond donors (Lipinski definition) is 0. The molecule has 0 amide bonds. The summed E-state index contributed by atoms with van der Waals surface area (Å²) < 4.78 is 15.4. The molecule has 1 aromatic heterocycles. The molecule has 0 aliphatic carbocycles. The molecular weight excluding hydrogens is 287 g/mol. The van der Waals surface area contributed by atoms with E-state index in [1.54, 1.807) is 6.07 Å². The molecule has 0 aliphatic rings. The molecule has 4 heteroatoms. The van der Waals surface area contributed by atoms with Crippen molar-refractivity contribution in [1.82, 2.24) is 9.55 Å². The number of rotatable bonds is 2. The van der Waals surface area contributed by atoms with Crippen molar-refractivity contribution in [2.45, 2.75) is 26.1 Å². The van der Waals surface area contributed by atoms with Gasteiger partial charge in [0, 0.05) is 0 Å². The van der Waals surface area contributed by atoms with Crippen LogP contribution in [-0.2, 0) is 0 Å². The van der Waals surface area contributed by atoms with Gasteiger partial charge in [-0.1, -0.05) is 6.07 Å². The minimum atomic E-state index is -0.239. The number of fused-ring (bicyclic) bond motifs is 1. The summed E-state index contributed by atoms with van der Waals surface area (Å²) in [5.74, 6) is 0.532. The number of halogens is 2. The standard InChI is InChI=1S/C17H16ClFN2/c1-10-4-6-14-16(8-10)21(17(20-14)12(3)18)15-7-5-13(19)9-11(15)2/h4-9,12H,1-3H3. The van der Waals surface area contributed by atoms with Gasteiger partial charge in [-0.25, -0.2) is 9.37 Å². The van der Waals surface area contributed by atoms with E-state index in [1.165, 1.54) is 12.1 Å². The maximum atomic E-state index is 13.4. The van der Waals surface area contributed by atoms with Crippen LogP contribution in [0.15, 0.2) is 36.4 Å². The highest BCUT2D eigenvalue weighted by molar-refractivity contribution is 6.20. The van der Waals surface area contributed by atoms with Crippen molar-refractivity contribution in [3.05, 3.63) is 59.2 Å². The van der Waals surface area contributed by atoms with Crippen LogP contribution in [0.1, 0.15) is 29.3 Å². The molecule has 1 atom stereocenters. The summed E-state index contributed by atoms with van der Waals surface area (Å²) in [6.45, 7) is 5.83. The van der Waals surface area contributed by atoms with Crippen molar-refractivity contribution in [2.24, 2.45) is 0 Å². The largest absolute Gasteiger partial charge is 0.295 e. The molecule has 108 valence electrons. The van der Waals surface area contributed by atoms with Gasteiger partial charge in [0.2, 0.25) is 0 Å². The first-order valence-electron chi connectivity index (χ1n) is 6.87. The maximum absolute atomic E-state index is 13.4. The van der Waals surface area contributed by atoms with Crippen LogP contribution in [0.4, 0.5) is 4.39 Å². The lowest BCUT2D eigenvalue weighted by Crippen LogP contribution is -2.04. The normalized spacial score (nSPS) is 12.8. The van der Waals surface area contributed by atoms with E-state index < -0.39 is 0 Å². The van der Waals surface area contributed by atoms with Gasteiger partial charge in [0.25, 0.3) is 0 Å². The summed E-state index contributed by atoms with van der Waals surface area (Å²) in [5, 5.41) is -0.234. The fourth-order valence-corrected chi connectivity index (χ4v) is 2.74. The highest BCUT2D eigenvalue weighted by Gasteiger charge is 2.17. The lowest BCUT2D eigenvalue weighted by molar-refractivity contribution is 0.626. The van der Waals surface area contributed by atoms with Gasteiger partial charge >= 0.3 is 0 Å². The zero-order valence-corrected chi connectivity index (χ0v) is 12.9. The van der Waals surface area contributed by atoms with Crippen molar-refractivity contribution in [3.63, 3.8) is 0 Å². The fourth-order valence-electron chi connectivity index (χ4n) is 2.59. The lowest BCUT2D eigenvalue weighted by Gasteiger charge is -2.13. The number of hydrogen-bond acceptors (Lipinski definition) is 1. The van der Waals surface area contributed by atoms with Gasteiger partial charge in [0.05, 0.1) is 22.1 Å². The van der Waals surface area contributed by atoms with Crippen LogP contribution in [0.3, 0.4) is 0 Å². The van der Waals surface area contributed by atoms with Gasteiger partial charge in [-0.15, -0.1) is 11.6 Å². The number of imidazole rings is 1. The fraction of sp³-hybridized carbons (Fsp3) is 0.235. The summed E-state index contributed by atoms with van der Waals surface area (Å²) in [4.78, 5) is 4.63. The first-order chi connectivity index (χ1) is 9.97. The molecule has 0 aliphatic heterocycles. The predicted octanol–water partition coefficient (Wildman–Crippen LogP) is 5.08. The molecule has 2 nitrogen and oxygen atoms in total. The summed E-state index contributed by atoms with van der Waals surface area (Å²) >= 11 is 6.30. The van der Waals surface area contributed by atoms with Crippen LogP contribution in [0, 0.1) is 19.7 Å². The monoisotopic (exact) mass is 302 g/mol. The Bertz CT molecular complexity index is 821. The predicted molar refractivity (Wildman–Crippen MR) is 84.8 cm³/mol. The van der Waals surface area contributed by atoms with Crippen molar-refractivity contribution >= 4 is 22.6 Å². The average Bonchev–Trinajstić information content (AvgIpc) is 2.77. The van der Waals surface area contributed by atoms with Gasteiger partial charge in [-0.05, 0) is 62.2 Å². The van der Waals surface area contributed by atoms with Gasteiger partial charge < -0.3 is 0 Å². The molecule has 1 unspecified atom stereocenters. The van der Waals surface area contributed by atoms with Crippen molar-refractivity contribution in [2.75, 3.05) is 0 Å². The quantitative estimate of drug-likeness (QED) is 0.604. The molecule has 2 aromatic carbocycles. The van der Waals surface area contributed by atoms with Crippen LogP contribution in [-0.4, -0.2) is 9.55 Å². The van der Waals surface area contributed by atoms with Gasteiger partial charge in [0.1, 0.15) is 11.6 Å². The topological polar surface area (TPSA) is 17.8 Å². The first kappa shape index (κ1) is 14.1. The van der Waals surface area contributed by atoms with E-state index in [0.29, 0.717) is 0 Å². The third-order valence-electron chi connectivity index (χ3n) is 3.59. The van der Waals surface area contributed by atoms with Crippen LogP contribution < -0.4 is 0 Å². The Morgan fingerprint density at radius 1 is 1.14 bits per heavy atom. The Morgan fingerprint density at radius 3 is 2.57 bits per heavy atom. The summed E-state index contributed by atoms with van der Waals surface area (Å²) in [7, 11) is 0. The second-order valence-electron chi connectivity index (χ2n) is 5.34. The lowest BCUT2D eigenvalue weighted by atomic mass is 10.1. The molecule has 0 bridgehead atoms. The number of alkyl halides is 1. The summed E-state index contributed by atoms with van der Waals surface area (Å²) in [5.41, 5.74) is 4.80. The molecule has 1 heterocycles. The minimum absolute atomic E-state index is 0.234. The van der Waals surface area contributed by atoms with Crippen molar-refractivity contribution in [1.29, 1.82) is 0 Å². The van der Waals surface area contributed by atoms with E-state index in [1.807, 2.05) is 37.5 Å². The second-order valence-corrected chi connectivity index (χ2v) is 6.00. The van der Waals surface area contributed by atoms with Crippen molar-refractivity contribution in [3.8, 4) is 5.69 Å². The Morgan fingerprint density at radius 2 is 1.90 bits per heavy atom. The molecule has 0 saturated carbocycles. The molecule has 3 rings (SSSR count). The number of benzene rings is 2. The Labute approximate surface area is 128 Å². The Kier molecular flexibility index (Phi) is 3.46. The van der Waals surface area contributed by atoms with E-state index in [2.05, 4.69) is 11.1 Å². The van der Waals surface area contributed by atoms with Gasteiger partial charge in [0.15, 0.2) is 0 Å². The zero-order valence-electron chi connectivity index (χ0n) is 12.2. The maximum Gasteiger partial charge on any atom is 0.132 e. The van der Waals surface area contributed by atoms with Crippen LogP contribution in [0.5, 0.6) is 0 Å². The third kappa shape index (κ3) is 2.42. The van der Waals surface area contributed by atoms with E-state index in [4.69, 9.17) is 11.6 Å². The van der Waals surface area contributed by atoms with E-state index in [0.717, 1.165) is 33.7 Å². The molecule has 0 spiro atoms. The summed E-state index contributed by atoms with van der Waals surface area (Å²) in [6.07, 6.45) is 0. The van der Waals surface area contributed by atoms with Gasteiger partial charge in [-0.2, -0.15) is 0 Å². The second kappa shape index (κ2) is 5.15. The number of aromatic nitrogens is 2. The van der Waals surface area contributed by atoms with Crippen molar-refractivity contribution < 1.29 is 4.39 Å². The van der Waals surface area contributed by atoms with Gasteiger partial charge in [-0.3, -0.25) is 4.57 Å². The molecule has 0 saturated heterocycles. The molecular formula is C17H16ClFN2. The number of nitrogens with zero attached hydrogens (tertiary/aromatic N) is 2. The highest BCUT2D eigenvalue weighted by Crippen LogP contribution is 2.30. The van der Waals surface area contributed by atoms with Crippen LogP contribution in [0.25, 0.3) is 16.7 Å². The minimum Gasteiger partial charge on any atom is -0.295 e. The van der Waals surface area contributed by atoms with Crippen LogP contribution >= 0.6 is 11.6 Å². The van der Waals surface area contributed by atoms with E-state index >= 15 is 0 Å². The van der Waals surface area contributed by atoms with E-state index in [-0.39, 0.29) is 11.2 Å². The Balaban J connectivity index is 2.38. The molecule has 0 radical (unpaired) electrons. The smallest absolute Gasteiger partial charge is 0.132 e. The SMILES string of the molecule is Cc1ccc2nc(C(C)Cl)n(-c3ccc(F)cc3C)c2c1. The average molecular weight is 303 g/mol. The third-order valence-corrected chi connectivity index (χ3v) is 3.79. The molecule has 21 heavy (non-hydrogen) atoms. The Hall–Kier alpha value is -1.87.